The van der Waals surface area contributed by atoms with Crippen molar-refractivity contribution in [3.05, 3.63) is 73.8 Å². The van der Waals surface area contributed by atoms with Gasteiger partial charge in [-0.25, -0.2) is 9.79 Å². The third-order valence-electron chi connectivity index (χ3n) is 5.14. The Bertz CT molecular complexity index is 1230. The average molecular weight is 574 g/mol. The molecule has 1 heterocycles. The zero-order valence-corrected chi connectivity index (χ0v) is 23.0. The average Bonchev–Trinajstić information content (AvgIpc) is 3.14. The number of benzene rings is 2. The topological polar surface area (TPSA) is 94.4 Å². The molecule has 0 saturated carbocycles. The highest BCUT2D eigenvalue weighted by Gasteiger charge is 2.34. The number of aliphatic hydroxyl groups is 1. The van der Waals surface area contributed by atoms with Crippen molar-refractivity contribution in [1.29, 1.82) is 0 Å². The maximum absolute atomic E-state index is 12.5. The molecule has 0 unspecified atom stereocenters. The third-order valence-corrected chi connectivity index (χ3v) is 6.85. The number of aliphatic hydroxyl groups excluding tert-OH is 1. The maximum atomic E-state index is 12.5. The number of carbonyl (C=O) groups is 2. The van der Waals surface area contributed by atoms with Crippen molar-refractivity contribution < 1.29 is 28.9 Å². The Morgan fingerprint density at radius 1 is 1.14 bits per heavy atom. The summed E-state index contributed by atoms with van der Waals surface area (Å²) in [6.45, 7) is 6.06. The van der Waals surface area contributed by atoms with E-state index in [2.05, 4.69) is 20.9 Å². The molecule has 1 aliphatic rings. The van der Waals surface area contributed by atoms with E-state index in [4.69, 9.17) is 14.2 Å². The van der Waals surface area contributed by atoms with Gasteiger partial charge < -0.3 is 19.3 Å². The molecule has 1 aliphatic heterocycles. The highest BCUT2D eigenvalue weighted by atomic mass is 79.9. The normalized spacial score (nSPS) is 15.5. The van der Waals surface area contributed by atoms with Crippen molar-refractivity contribution in [2.24, 2.45) is 4.99 Å². The molecule has 0 spiro atoms. The van der Waals surface area contributed by atoms with Gasteiger partial charge in [0.05, 0.1) is 18.6 Å². The van der Waals surface area contributed by atoms with Crippen molar-refractivity contribution in [3.63, 3.8) is 0 Å². The number of esters is 1. The van der Waals surface area contributed by atoms with Crippen LogP contribution in [0.15, 0.2) is 62.1 Å². The summed E-state index contributed by atoms with van der Waals surface area (Å²) in [5.74, 6) is -0.335. The quantitative estimate of drug-likeness (QED) is 0.340. The number of ether oxygens (including phenoxy) is 3. The van der Waals surface area contributed by atoms with Gasteiger partial charge in [0, 0.05) is 10.9 Å². The SMILES string of the molecule is CCCC(=O)N=C1S/C(=C\c2cc(OC)c(OCc3ccc(C)cc3)cc2Br)C(O)=C1C(=O)OCC. The first-order chi connectivity index (χ1) is 17.3. The summed E-state index contributed by atoms with van der Waals surface area (Å²) < 4.78 is 17.3. The van der Waals surface area contributed by atoms with Crippen molar-refractivity contribution in [2.75, 3.05) is 13.7 Å². The van der Waals surface area contributed by atoms with Crippen LogP contribution in [0, 0.1) is 6.92 Å². The van der Waals surface area contributed by atoms with E-state index in [-0.39, 0.29) is 35.3 Å². The first kappa shape index (κ1) is 27.5. The summed E-state index contributed by atoms with van der Waals surface area (Å²) in [5.41, 5.74) is 2.76. The van der Waals surface area contributed by atoms with Crippen LogP contribution in [0.25, 0.3) is 6.08 Å². The summed E-state index contributed by atoms with van der Waals surface area (Å²) in [6.07, 6.45) is 2.55. The number of aryl methyl sites for hydroxylation is 1. The van der Waals surface area contributed by atoms with Gasteiger partial charge in [-0.3, -0.25) is 4.79 Å². The molecule has 1 N–H and O–H groups in total. The molecule has 190 valence electrons. The van der Waals surface area contributed by atoms with Gasteiger partial charge in [0.25, 0.3) is 0 Å². The minimum Gasteiger partial charge on any atom is -0.506 e. The number of nitrogens with zero attached hydrogens (tertiary/aromatic N) is 1. The van der Waals surface area contributed by atoms with Gasteiger partial charge in [-0.1, -0.05) is 64.4 Å². The lowest BCUT2D eigenvalue weighted by molar-refractivity contribution is -0.138. The van der Waals surface area contributed by atoms with E-state index in [0.717, 1.165) is 17.3 Å². The Morgan fingerprint density at radius 2 is 1.86 bits per heavy atom. The molecule has 0 radical (unpaired) electrons. The van der Waals surface area contributed by atoms with Crippen LogP contribution in [-0.2, 0) is 20.9 Å². The number of carbonyl (C=O) groups excluding carboxylic acids is 2. The minimum absolute atomic E-state index is 0.112. The summed E-state index contributed by atoms with van der Waals surface area (Å²) >= 11 is 4.59. The van der Waals surface area contributed by atoms with Crippen molar-refractivity contribution in [2.45, 2.75) is 40.2 Å². The lowest BCUT2D eigenvalue weighted by Crippen LogP contribution is -2.14. The Hall–Kier alpha value is -3.04. The second-order valence-corrected chi connectivity index (χ2v) is 9.80. The largest absolute Gasteiger partial charge is 0.506 e. The molecule has 0 aromatic heterocycles. The Labute approximate surface area is 223 Å². The highest BCUT2D eigenvalue weighted by molar-refractivity contribution is 9.10. The van der Waals surface area contributed by atoms with E-state index >= 15 is 0 Å². The van der Waals surface area contributed by atoms with Crippen LogP contribution in [0.1, 0.15) is 43.4 Å². The van der Waals surface area contributed by atoms with Crippen LogP contribution in [-0.4, -0.2) is 35.7 Å². The molecule has 9 heteroatoms. The molecule has 2 aromatic rings. The Kier molecular flexibility index (Phi) is 9.78. The lowest BCUT2D eigenvalue weighted by atomic mass is 10.1. The summed E-state index contributed by atoms with van der Waals surface area (Å²) in [6, 6.07) is 11.6. The standard InChI is InChI=1S/C27H28BrNO6S/c1-5-7-23(30)29-26-24(27(32)34-6-2)25(31)22(36-26)13-18-12-20(33-4)21(14-19(18)28)35-15-17-10-8-16(3)9-11-17/h8-14,31H,5-7,15H2,1-4H3/b22-13-,29-26?. The van der Waals surface area contributed by atoms with Gasteiger partial charge in [0.2, 0.25) is 5.91 Å². The third kappa shape index (κ3) is 6.79. The zero-order valence-electron chi connectivity index (χ0n) is 20.6. The predicted octanol–water partition coefficient (Wildman–Crippen LogP) is 6.53. The number of aliphatic imine (C=N–C) groups is 1. The minimum atomic E-state index is -0.731. The zero-order chi connectivity index (χ0) is 26.2. The summed E-state index contributed by atoms with van der Waals surface area (Å²) in [5, 5.41) is 11.0. The molecule has 7 nitrogen and oxygen atoms in total. The monoisotopic (exact) mass is 573 g/mol. The van der Waals surface area contributed by atoms with Crippen molar-refractivity contribution >= 4 is 50.7 Å². The molecule has 0 aliphatic carbocycles. The van der Waals surface area contributed by atoms with Crippen LogP contribution in [0.5, 0.6) is 11.5 Å². The van der Waals surface area contributed by atoms with Gasteiger partial charge in [-0.2, -0.15) is 0 Å². The molecule has 36 heavy (non-hydrogen) atoms. The second kappa shape index (κ2) is 12.8. The van der Waals surface area contributed by atoms with Gasteiger partial charge in [0.1, 0.15) is 23.0 Å². The molecule has 0 bridgehead atoms. The maximum Gasteiger partial charge on any atom is 0.344 e. The molecule has 0 fully saturated rings. The first-order valence-corrected chi connectivity index (χ1v) is 13.1. The van der Waals surface area contributed by atoms with Gasteiger partial charge in [-0.05, 0) is 49.6 Å². The molecular formula is C27H28BrNO6S. The highest BCUT2D eigenvalue weighted by Crippen LogP contribution is 2.42. The number of methoxy groups -OCH3 is 1. The van der Waals surface area contributed by atoms with Crippen LogP contribution in [0.4, 0.5) is 0 Å². The van der Waals surface area contributed by atoms with E-state index in [1.54, 1.807) is 32.2 Å². The summed E-state index contributed by atoms with van der Waals surface area (Å²) in [4.78, 5) is 29.0. The van der Waals surface area contributed by atoms with E-state index in [9.17, 15) is 14.7 Å². The number of hydrogen-bond acceptors (Lipinski definition) is 7. The van der Waals surface area contributed by atoms with E-state index in [1.807, 2.05) is 38.1 Å². The Balaban J connectivity index is 1.93. The van der Waals surface area contributed by atoms with Gasteiger partial charge >= 0.3 is 5.97 Å². The van der Waals surface area contributed by atoms with Crippen molar-refractivity contribution in [1.82, 2.24) is 0 Å². The molecule has 2 aromatic carbocycles. The smallest absolute Gasteiger partial charge is 0.344 e. The number of halogens is 1. The molecule has 3 rings (SSSR count). The molecular weight excluding hydrogens is 546 g/mol. The van der Waals surface area contributed by atoms with Gasteiger partial charge in [-0.15, -0.1) is 0 Å². The van der Waals surface area contributed by atoms with Crippen LogP contribution < -0.4 is 9.47 Å². The van der Waals surface area contributed by atoms with Crippen LogP contribution >= 0.6 is 27.7 Å². The van der Waals surface area contributed by atoms with Crippen LogP contribution in [0.3, 0.4) is 0 Å². The number of amides is 1. The number of hydrogen-bond donors (Lipinski definition) is 1. The van der Waals surface area contributed by atoms with E-state index in [0.29, 0.717) is 39.5 Å². The predicted molar refractivity (Wildman–Crippen MR) is 145 cm³/mol. The van der Waals surface area contributed by atoms with Gasteiger partial charge in [0.15, 0.2) is 11.5 Å². The molecule has 1 amide bonds. The first-order valence-electron chi connectivity index (χ1n) is 11.4. The number of rotatable bonds is 9. The molecule has 0 saturated heterocycles. The number of thioether (sulfide) groups is 1. The van der Waals surface area contributed by atoms with E-state index < -0.39 is 5.97 Å². The summed E-state index contributed by atoms with van der Waals surface area (Å²) in [7, 11) is 1.55. The van der Waals surface area contributed by atoms with E-state index in [1.165, 1.54) is 5.56 Å². The Morgan fingerprint density at radius 3 is 2.50 bits per heavy atom. The second-order valence-electron chi connectivity index (χ2n) is 7.91. The van der Waals surface area contributed by atoms with Crippen molar-refractivity contribution in [3.8, 4) is 11.5 Å². The fraction of sp³-hybridized carbons (Fsp3) is 0.296. The van der Waals surface area contributed by atoms with Crippen LogP contribution in [0.2, 0.25) is 0 Å². The lowest BCUT2D eigenvalue weighted by Gasteiger charge is -2.13. The molecule has 0 atom stereocenters. The fourth-order valence-electron chi connectivity index (χ4n) is 3.30. The fourth-order valence-corrected chi connectivity index (χ4v) is 4.75.